The lowest BCUT2D eigenvalue weighted by Crippen LogP contribution is -2.21. The van der Waals surface area contributed by atoms with Crippen molar-refractivity contribution in [2.75, 3.05) is 14.2 Å². The summed E-state index contributed by atoms with van der Waals surface area (Å²) in [5, 5.41) is 0.140. The van der Waals surface area contributed by atoms with Gasteiger partial charge in [-0.05, 0) is 37.1 Å². The number of benzene rings is 2. The van der Waals surface area contributed by atoms with Crippen molar-refractivity contribution < 1.29 is 23.6 Å². The van der Waals surface area contributed by atoms with Gasteiger partial charge in [0.1, 0.15) is 17.1 Å². The molecule has 1 aliphatic carbocycles. The Balaban J connectivity index is 2.23. The number of hydrogen-bond donors (Lipinski definition) is 0. The summed E-state index contributed by atoms with van der Waals surface area (Å²) in [5.41, 5.74) is -2.22. The Morgan fingerprint density at radius 2 is 1.31 bits per heavy atom. The third kappa shape index (κ3) is 3.84. The topological polar surface area (TPSA) is 69.7 Å². The minimum atomic E-state index is -4.13. The summed E-state index contributed by atoms with van der Waals surface area (Å²) in [5.74, 6) is 0.399. The summed E-state index contributed by atoms with van der Waals surface area (Å²) in [6, 6.07) is 9.37. The molecule has 0 aliphatic heterocycles. The van der Waals surface area contributed by atoms with Gasteiger partial charge in [-0.25, -0.2) is 0 Å². The smallest absolute Gasteiger partial charge is 0.236 e. The molecule has 8 heteroatoms. The largest absolute Gasteiger partial charge is 0.496 e. The van der Waals surface area contributed by atoms with E-state index in [-0.39, 0.29) is 32.7 Å². The molecular weight excluding hydrogens is 434 g/mol. The van der Waals surface area contributed by atoms with Crippen LogP contribution in [0.2, 0.25) is 10.0 Å². The second kappa shape index (κ2) is 8.91. The van der Waals surface area contributed by atoms with Gasteiger partial charge in [-0.2, -0.15) is 0 Å². The molecule has 0 N–H and O–H groups in total. The van der Waals surface area contributed by atoms with E-state index in [1.165, 1.54) is 26.4 Å². The molecule has 1 atom stereocenters. The first-order chi connectivity index (χ1) is 13.9. The number of methoxy groups -OCH3 is 2. The average Bonchev–Trinajstić information content (AvgIpc) is 3.27. The number of carbonyl (C=O) groups is 2. The monoisotopic (exact) mass is 454 g/mol. The Morgan fingerprint density at radius 1 is 0.862 bits per heavy atom. The molecule has 0 saturated heterocycles. The number of rotatable bonds is 7. The van der Waals surface area contributed by atoms with E-state index in [0.717, 1.165) is 12.8 Å². The Labute approximate surface area is 179 Å². The standard InChI is InChI=1S/C21H21Cl2O5P/c1-27-16-11-6-12-17(28-2)19(16)21(25)29(26,13-7-3-4-8-13)20(24)18-14(22)9-5-10-15(18)23/h5-6,9-13H,3-4,7-8H2,1-2H3. The number of halogens is 2. The zero-order chi connectivity index (χ0) is 21.2. The van der Waals surface area contributed by atoms with Crippen LogP contribution in [0.5, 0.6) is 11.5 Å². The molecule has 2 aromatic carbocycles. The Kier molecular flexibility index (Phi) is 6.72. The number of carbonyl (C=O) groups excluding carboxylic acids is 2. The summed E-state index contributed by atoms with van der Waals surface area (Å²) in [7, 11) is -1.33. The predicted octanol–water partition coefficient (Wildman–Crippen LogP) is 6.30. The van der Waals surface area contributed by atoms with E-state index in [0.29, 0.717) is 12.8 Å². The molecule has 0 heterocycles. The van der Waals surface area contributed by atoms with Crippen LogP contribution in [-0.4, -0.2) is 30.9 Å². The summed E-state index contributed by atoms with van der Waals surface area (Å²) in [6.07, 6.45) is 2.64. The molecule has 1 saturated carbocycles. The Morgan fingerprint density at radius 3 is 1.79 bits per heavy atom. The Hall–Kier alpha value is -1.81. The van der Waals surface area contributed by atoms with Crippen molar-refractivity contribution in [1.82, 2.24) is 0 Å². The molecule has 5 nitrogen and oxygen atoms in total. The molecule has 1 aliphatic rings. The minimum Gasteiger partial charge on any atom is -0.496 e. The number of ether oxygens (including phenoxy) is 2. The van der Waals surface area contributed by atoms with Gasteiger partial charge < -0.3 is 14.0 Å². The molecule has 2 aromatic rings. The van der Waals surface area contributed by atoms with E-state index < -0.39 is 23.8 Å². The lowest BCUT2D eigenvalue weighted by Gasteiger charge is -2.24. The normalized spacial score (nSPS) is 16.3. The quantitative estimate of drug-likeness (QED) is 0.459. The van der Waals surface area contributed by atoms with Crippen molar-refractivity contribution in [2.24, 2.45) is 0 Å². The van der Waals surface area contributed by atoms with E-state index in [4.69, 9.17) is 32.7 Å². The highest BCUT2D eigenvalue weighted by Crippen LogP contribution is 2.63. The molecule has 154 valence electrons. The summed E-state index contributed by atoms with van der Waals surface area (Å²) >= 11 is 12.4. The first-order valence-electron chi connectivity index (χ1n) is 9.20. The maximum Gasteiger partial charge on any atom is 0.236 e. The van der Waals surface area contributed by atoms with Crippen LogP contribution in [0.25, 0.3) is 0 Å². The van der Waals surface area contributed by atoms with Gasteiger partial charge in [0, 0.05) is 5.66 Å². The zero-order valence-electron chi connectivity index (χ0n) is 16.1. The number of hydrogen-bond acceptors (Lipinski definition) is 5. The third-order valence-electron chi connectivity index (χ3n) is 5.26. The van der Waals surface area contributed by atoms with Crippen LogP contribution in [0, 0.1) is 0 Å². The Bertz CT molecular complexity index is 956. The van der Waals surface area contributed by atoms with Crippen molar-refractivity contribution in [3.05, 3.63) is 57.6 Å². The van der Waals surface area contributed by atoms with Crippen LogP contribution in [0.3, 0.4) is 0 Å². The fraction of sp³-hybridized carbons (Fsp3) is 0.333. The summed E-state index contributed by atoms with van der Waals surface area (Å²) in [6.45, 7) is 0. The fourth-order valence-corrected chi connectivity index (χ4v) is 7.55. The SMILES string of the molecule is COc1cccc(OC)c1C(=O)P(=O)(C(=O)c1c(Cl)cccc1Cl)C1CCCC1. The molecule has 1 unspecified atom stereocenters. The van der Waals surface area contributed by atoms with Crippen LogP contribution in [-0.2, 0) is 4.57 Å². The van der Waals surface area contributed by atoms with Crippen LogP contribution in [0.15, 0.2) is 36.4 Å². The van der Waals surface area contributed by atoms with Crippen molar-refractivity contribution >= 4 is 41.4 Å². The highest BCUT2D eigenvalue weighted by atomic mass is 35.5. The molecule has 0 radical (unpaired) electrons. The van der Waals surface area contributed by atoms with Crippen molar-refractivity contribution in [3.63, 3.8) is 0 Å². The van der Waals surface area contributed by atoms with Gasteiger partial charge in [0.15, 0.2) is 0 Å². The summed E-state index contributed by atoms with van der Waals surface area (Å²) in [4.78, 5) is 27.3. The second-order valence-electron chi connectivity index (χ2n) is 6.84. The van der Waals surface area contributed by atoms with Gasteiger partial charge in [0.2, 0.25) is 18.2 Å². The fourth-order valence-electron chi connectivity index (χ4n) is 3.79. The molecule has 0 aromatic heterocycles. The highest BCUT2D eigenvalue weighted by molar-refractivity contribution is 7.96. The van der Waals surface area contributed by atoms with Crippen molar-refractivity contribution in [1.29, 1.82) is 0 Å². The van der Waals surface area contributed by atoms with Crippen LogP contribution < -0.4 is 9.47 Å². The molecule has 29 heavy (non-hydrogen) atoms. The molecule has 1 fully saturated rings. The van der Waals surface area contributed by atoms with Crippen LogP contribution in [0.1, 0.15) is 46.4 Å². The van der Waals surface area contributed by atoms with Gasteiger partial charge in [-0.1, -0.05) is 48.2 Å². The molecule has 0 spiro atoms. The van der Waals surface area contributed by atoms with E-state index in [1.54, 1.807) is 24.3 Å². The van der Waals surface area contributed by atoms with E-state index in [2.05, 4.69) is 0 Å². The molecule has 0 amide bonds. The molecular formula is C21H21Cl2O5P. The predicted molar refractivity (Wildman–Crippen MR) is 115 cm³/mol. The van der Waals surface area contributed by atoms with E-state index in [1.807, 2.05) is 0 Å². The highest BCUT2D eigenvalue weighted by Gasteiger charge is 2.50. The van der Waals surface area contributed by atoms with Crippen LogP contribution in [0.4, 0.5) is 0 Å². The third-order valence-corrected chi connectivity index (χ3v) is 9.09. The first kappa shape index (κ1) is 21.9. The van der Waals surface area contributed by atoms with Gasteiger partial charge in [0.05, 0.1) is 29.8 Å². The molecule has 3 rings (SSSR count). The molecule has 0 bridgehead atoms. The second-order valence-corrected chi connectivity index (χ2v) is 10.5. The van der Waals surface area contributed by atoms with Crippen molar-refractivity contribution in [3.8, 4) is 11.5 Å². The zero-order valence-corrected chi connectivity index (χ0v) is 18.5. The van der Waals surface area contributed by atoms with Gasteiger partial charge in [-0.15, -0.1) is 0 Å². The maximum atomic E-state index is 14.3. The van der Waals surface area contributed by atoms with E-state index >= 15 is 0 Å². The maximum absolute atomic E-state index is 14.3. The van der Waals surface area contributed by atoms with Crippen molar-refractivity contribution in [2.45, 2.75) is 31.3 Å². The average molecular weight is 455 g/mol. The lowest BCUT2D eigenvalue weighted by molar-refractivity contribution is 0.103. The minimum absolute atomic E-state index is 0.00394. The first-order valence-corrected chi connectivity index (χ1v) is 11.7. The summed E-state index contributed by atoms with van der Waals surface area (Å²) < 4.78 is 25.0. The van der Waals surface area contributed by atoms with Gasteiger partial charge in [-0.3, -0.25) is 9.59 Å². The van der Waals surface area contributed by atoms with E-state index in [9.17, 15) is 14.2 Å². The van der Waals surface area contributed by atoms with Gasteiger partial charge in [0.25, 0.3) is 0 Å². The van der Waals surface area contributed by atoms with Crippen LogP contribution >= 0.6 is 30.3 Å². The van der Waals surface area contributed by atoms with Gasteiger partial charge >= 0.3 is 0 Å². The lowest BCUT2D eigenvalue weighted by atomic mass is 10.2.